The second-order valence-corrected chi connectivity index (χ2v) is 5.70. The monoisotopic (exact) mass is 316 g/mol. The van der Waals surface area contributed by atoms with E-state index in [0.29, 0.717) is 0 Å². The first-order valence-corrected chi connectivity index (χ1v) is 7.58. The van der Waals surface area contributed by atoms with Crippen molar-refractivity contribution in [2.75, 3.05) is 14.2 Å². The Hall–Kier alpha value is -2.04. The van der Waals surface area contributed by atoms with Gasteiger partial charge in [-0.3, -0.25) is 0 Å². The largest absolute Gasteiger partial charge is 0.496 e. The second-order valence-electron chi connectivity index (χ2n) is 5.70. The van der Waals surface area contributed by atoms with E-state index in [-0.39, 0.29) is 13.2 Å². The fourth-order valence-corrected chi connectivity index (χ4v) is 3.11. The van der Waals surface area contributed by atoms with Crippen LogP contribution in [0.15, 0.2) is 24.3 Å². The number of ether oxygens (including phenoxy) is 2. The smallest absolute Gasteiger partial charge is 0.127 e. The van der Waals surface area contributed by atoms with E-state index in [2.05, 4.69) is 12.1 Å². The van der Waals surface area contributed by atoms with E-state index >= 15 is 0 Å². The van der Waals surface area contributed by atoms with Crippen molar-refractivity contribution < 1.29 is 19.7 Å². The molecular weight excluding hydrogens is 292 g/mol. The van der Waals surface area contributed by atoms with Crippen LogP contribution in [0.5, 0.6) is 11.5 Å². The summed E-state index contributed by atoms with van der Waals surface area (Å²) in [5.41, 5.74) is 5.77. The molecule has 0 aliphatic rings. The summed E-state index contributed by atoms with van der Waals surface area (Å²) in [6, 6.07) is 8.06. The van der Waals surface area contributed by atoms with Crippen LogP contribution in [0.1, 0.15) is 33.4 Å². The minimum Gasteiger partial charge on any atom is -0.496 e. The summed E-state index contributed by atoms with van der Waals surface area (Å²) in [4.78, 5) is 0. The van der Waals surface area contributed by atoms with Gasteiger partial charge in [0.25, 0.3) is 0 Å². The lowest BCUT2D eigenvalue weighted by Gasteiger charge is -2.15. The van der Waals surface area contributed by atoms with Crippen molar-refractivity contribution in [3.63, 3.8) is 0 Å². The van der Waals surface area contributed by atoms with Crippen molar-refractivity contribution in [1.29, 1.82) is 0 Å². The number of benzene rings is 2. The Bertz CT molecular complexity index is 633. The van der Waals surface area contributed by atoms with E-state index in [1.807, 2.05) is 26.0 Å². The average Bonchev–Trinajstić information content (AvgIpc) is 2.53. The van der Waals surface area contributed by atoms with Gasteiger partial charge in [0.1, 0.15) is 11.5 Å². The van der Waals surface area contributed by atoms with Crippen LogP contribution >= 0.6 is 0 Å². The lowest BCUT2D eigenvalue weighted by molar-refractivity contribution is 0.273. The molecule has 4 heteroatoms. The molecular formula is C19H24O4. The average molecular weight is 316 g/mol. The summed E-state index contributed by atoms with van der Waals surface area (Å²) in [6.45, 7) is 3.84. The van der Waals surface area contributed by atoms with Gasteiger partial charge in [0.15, 0.2) is 0 Å². The van der Waals surface area contributed by atoms with Gasteiger partial charge in [-0.05, 0) is 54.7 Å². The van der Waals surface area contributed by atoms with Crippen LogP contribution in [0.4, 0.5) is 0 Å². The third-order valence-corrected chi connectivity index (χ3v) is 3.98. The van der Waals surface area contributed by atoms with Crippen molar-refractivity contribution in [1.82, 2.24) is 0 Å². The number of methoxy groups -OCH3 is 2. The van der Waals surface area contributed by atoms with Crippen LogP contribution in [0.3, 0.4) is 0 Å². The first-order valence-electron chi connectivity index (χ1n) is 7.58. The maximum absolute atomic E-state index is 9.53. The highest BCUT2D eigenvalue weighted by molar-refractivity contribution is 5.48. The zero-order chi connectivity index (χ0) is 17.0. The molecule has 0 aromatic heterocycles. The molecule has 124 valence electrons. The number of aryl methyl sites for hydroxylation is 2. The molecule has 0 unspecified atom stereocenters. The van der Waals surface area contributed by atoms with Crippen LogP contribution < -0.4 is 9.47 Å². The normalized spacial score (nSPS) is 10.7. The van der Waals surface area contributed by atoms with Crippen LogP contribution in [0.25, 0.3) is 0 Å². The van der Waals surface area contributed by atoms with Crippen molar-refractivity contribution >= 4 is 0 Å². The van der Waals surface area contributed by atoms with Crippen LogP contribution in [-0.2, 0) is 19.6 Å². The Kier molecular flexibility index (Phi) is 5.64. The van der Waals surface area contributed by atoms with Gasteiger partial charge in [-0.15, -0.1) is 0 Å². The number of aliphatic hydroxyl groups excluding tert-OH is 2. The highest BCUT2D eigenvalue weighted by Crippen LogP contribution is 2.29. The highest BCUT2D eigenvalue weighted by atomic mass is 16.5. The minimum atomic E-state index is -0.0542. The first kappa shape index (κ1) is 17.3. The summed E-state index contributed by atoms with van der Waals surface area (Å²) in [5.74, 6) is 1.47. The van der Waals surface area contributed by atoms with Crippen molar-refractivity contribution in [3.05, 3.63) is 57.6 Å². The van der Waals surface area contributed by atoms with Crippen molar-refractivity contribution in [3.8, 4) is 11.5 Å². The molecule has 0 amide bonds. The predicted molar refractivity (Wildman–Crippen MR) is 90.1 cm³/mol. The molecule has 0 heterocycles. The standard InChI is InChI=1S/C19H24O4/c1-12-5-14(8-16(10-20)18(12)22-3)7-15-6-13(2)19(23-4)17(9-15)11-21/h5-6,8-9,20-21H,7,10-11H2,1-4H3. The second kappa shape index (κ2) is 7.49. The van der Waals surface area contributed by atoms with Gasteiger partial charge >= 0.3 is 0 Å². The Morgan fingerprint density at radius 2 is 1.13 bits per heavy atom. The quantitative estimate of drug-likeness (QED) is 0.860. The third kappa shape index (κ3) is 3.66. The van der Waals surface area contributed by atoms with E-state index in [1.54, 1.807) is 14.2 Å². The SMILES string of the molecule is COc1c(C)cc(Cc2cc(C)c(OC)c(CO)c2)cc1CO. The van der Waals surface area contributed by atoms with Gasteiger partial charge < -0.3 is 19.7 Å². The molecule has 23 heavy (non-hydrogen) atoms. The number of hydrogen-bond acceptors (Lipinski definition) is 4. The molecule has 0 aliphatic heterocycles. The van der Waals surface area contributed by atoms with Crippen molar-refractivity contribution in [2.45, 2.75) is 33.5 Å². The van der Waals surface area contributed by atoms with E-state index in [0.717, 1.165) is 51.3 Å². The summed E-state index contributed by atoms with van der Waals surface area (Å²) in [7, 11) is 3.23. The Balaban J connectivity index is 2.39. The molecule has 0 aliphatic carbocycles. The molecule has 0 saturated carbocycles. The fraction of sp³-hybridized carbons (Fsp3) is 0.368. The molecule has 0 atom stereocenters. The number of rotatable bonds is 6. The van der Waals surface area contributed by atoms with Crippen LogP contribution in [-0.4, -0.2) is 24.4 Å². The fourth-order valence-electron chi connectivity index (χ4n) is 3.11. The van der Waals surface area contributed by atoms with E-state index in [9.17, 15) is 10.2 Å². The number of aliphatic hydroxyl groups is 2. The van der Waals surface area contributed by atoms with Gasteiger partial charge in [-0.25, -0.2) is 0 Å². The molecule has 2 aromatic rings. The summed E-state index contributed by atoms with van der Waals surface area (Å²) >= 11 is 0. The van der Waals surface area contributed by atoms with Gasteiger partial charge in [0.2, 0.25) is 0 Å². The molecule has 0 fully saturated rings. The van der Waals surface area contributed by atoms with E-state index in [4.69, 9.17) is 9.47 Å². The van der Waals surface area contributed by atoms with E-state index < -0.39 is 0 Å². The van der Waals surface area contributed by atoms with Gasteiger partial charge in [-0.2, -0.15) is 0 Å². The molecule has 0 radical (unpaired) electrons. The molecule has 0 spiro atoms. The Morgan fingerprint density at radius 1 is 0.739 bits per heavy atom. The Labute approximate surface area is 137 Å². The first-order chi connectivity index (χ1) is 11.0. The van der Waals surface area contributed by atoms with Gasteiger partial charge in [0.05, 0.1) is 27.4 Å². The topological polar surface area (TPSA) is 58.9 Å². The highest BCUT2D eigenvalue weighted by Gasteiger charge is 2.11. The minimum absolute atomic E-state index is 0.0542. The summed E-state index contributed by atoms with van der Waals surface area (Å²) in [6.07, 6.45) is 0.718. The van der Waals surface area contributed by atoms with E-state index in [1.165, 1.54) is 0 Å². The molecule has 2 aromatic carbocycles. The molecule has 4 nitrogen and oxygen atoms in total. The van der Waals surface area contributed by atoms with Crippen LogP contribution in [0, 0.1) is 13.8 Å². The lowest BCUT2D eigenvalue weighted by atomic mass is 9.96. The molecule has 0 bridgehead atoms. The van der Waals surface area contributed by atoms with Gasteiger partial charge in [0, 0.05) is 11.1 Å². The summed E-state index contributed by atoms with van der Waals surface area (Å²) < 4.78 is 10.7. The maximum Gasteiger partial charge on any atom is 0.127 e. The van der Waals surface area contributed by atoms with Crippen LogP contribution in [0.2, 0.25) is 0 Å². The third-order valence-electron chi connectivity index (χ3n) is 3.98. The zero-order valence-corrected chi connectivity index (χ0v) is 14.1. The summed E-state index contributed by atoms with van der Waals surface area (Å²) in [5, 5.41) is 19.1. The number of hydrogen-bond donors (Lipinski definition) is 2. The molecule has 2 N–H and O–H groups in total. The maximum atomic E-state index is 9.53. The Morgan fingerprint density at radius 3 is 1.43 bits per heavy atom. The van der Waals surface area contributed by atoms with Crippen molar-refractivity contribution in [2.24, 2.45) is 0 Å². The molecule has 0 saturated heterocycles. The van der Waals surface area contributed by atoms with Gasteiger partial charge in [-0.1, -0.05) is 12.1 Å². The molecule has 2 rings (SSSR count). The lowest BCUT2D eigenvalue weighted by Crippen LogP contribution is -2.01. The zero-order valence-electron chi connectivity index (χ0n) is 14.1. The predicted octanol–water partition coefficient (Wildman–Crippen LogP) is 2.90.